The Balaban J connectivity index is 2.30. The van der Waals surface area contributed by atoms with E-state index in [1.807, 2.05) is 19.0 Å². The van der Waals surface area contributed by atoms with Crippen LogP contribution in [0.5, 0.6) is 0 Å². The molecule has 3 heteroatoms. The Kier molecular flexibility index (Phi) is 5.40. The number of carbonyl (C=O) groups is 1. The van der Waals surface area contributed by atoms with Crippen LogP contribution in [0.25, 0.3) is 0 Å². The number of amides is 1. The SMILES string of the molecule is CNCCN(C)C(=O)CC1=CCCCC1. The van der Waals surface area contributed by atoms with E-state index in [-0.39, 0.29) is 5.91 Å². The third-order valence-electron chi connectivity index (χ3n) is 2.89. The molecule has 0 saturated carbocycles. The van der Waals surface area contributed by atoms with E-state index in [2.05, 4.69) is 11.4 Å². The van der Waals surface area contributed by atoms with Crippen molar-refractivity contribution in [1.29, 1.82) is 0 Å². The zero-order valence-electron chi connectivity index (χ0n) is 9.88. The average Bonchev–Trinajstić information content (AvgIpc) is 2.27. The number of hydrogen-bond acceptors (Lipinski definition) is 2. The summed E-state index contributed by atoms with van der Waals surface area (Å²) in [7, 11) is 3.78. The van der Waals surface area contributed by atoms with Crippen LogP contribution in [-0.2, 0) is 4.79 Å². The number of likely N-dealkylation sites (N-methyl/N-ethyl adjacent to an activating group) is 2. The first-order chi connectivity index (χ1) is 7.24. The molecule has 0 radical (unpaired) electrons. The number of rotatable bonds is 5. The van der Waals surface area contributed by atoms with Crippen LogP contribution < -0.4 is 5.32 Å². The lowest BCUT2D eigenvalue weighted by Crippen LogP contribution is -2.32. The molecule has 0 aromatic heterocycles. The number of nitrogens with zero attached hydrogens (tertiary/aromatic N) is 1. The van der Waals surface area contributed by atoms with E-state index >= 15 is 0 Å². The van der Waals surface area contributed by atoms with Crippen molar-refractivity contribution >= 4 is 5.91 Å². The Bertz CT molecular complexity index is 236. The quantitative estimate of drug-likeness (QED) is 0.698. The molecule has 0 aliphatic heterocycles. The van der Waals surface area contributed by atoms with Gasteiger partial charge in [0.2, 0.25) is 5.91 Å². The van der Waals surface area contributed by atoms with Crippen LogP contribution in [0.4, 0.5) is 0 Å². The van der Waals surface area contributed by atoms with Gasteiger partial charge in [-0.2, -0.15) is 0 Å². The molecule has 0 heterocycles. The lowest BCUT2D eigenvalue weighted by molar-refractivity contribution is -0.129. The first kappa shape index (κ1) is 12.2. The van der Waals surface area contributed by atoms with E-state index < -0.39 is 0 Å². The monoisotopic (exact) mass is 210 g/mol. The fourth-order valence-electron chi connectivity index (χ4n) is 1.80. The molecule has 0 bridgehead atoms. The van der Waals surface area contributed by atoms with Gasteiger partial charge < -0.3 is 10.2 Å². The maximum atomic E-state index is 11.8. The van der Waals surface area contributed by atoms with Crippen LogP contribution in [0.3, 0.4) is 0 Å². The molecule has 0 spiro atoms. The third kappa shape index (κ3) is 4.47. The summed E-state index contributed by atoms with van der Waals surface area (Å²) >= 11 is 0. The van der Waals surface area contributed by atoms with Crippen molar-refractivity contribution in [3.63, 3.8) is 0 Å². The summed E-state index contributed by atoms with van der Waals surface area (Å²) in [6, 6.07) is 0. The maximum absolute atomic E-state index is 11.8. The predicted molar refractivity (Wildman–Crippen MR) is 62.7 cm³/mol. The standard InChI is InChI=1S/C12H22N2O/c1-13-8-9-14(2)12(15)10-11-6-4-3-5-7-11/h6,13H,3-5,7-10H2,1-2H3. The number of hydrogen-bond donors (Lipinski definition) is 1. The first-order valence-electron chi connectivity index (χ1n) is 5.80. The van der Waals surface area contributed by atoms with E-state index in [1.165, 1.54) is 18.4 Å². The number of nitrogens with one attached hydrogen (secondary N) is 1. The van der Waals surface area contributed by atoms with Crippen LogP contribution in [0, 0.1) is 0 Å². The molecule has 0 atom stereocenters. The molecule has 0 aromatic carbocycles. The smallest absolute Gasteiger partial charge is 0.226 e. The highest BCUT2D eigenvalue weighted by Gasteiger charge is 2.12. The minimum atomic E-state index is 0.249. The summed E-state index contributed by atoms with van der Waals surface area (Å²) in [4.78, 5) is 13.6. The van der Waals surface area contributed by atoms with Gasteiger partial charge in [0.1, 0.15) is 0 Å². The number of allylic oxidation sites excluding steroid dienone is 1. The van der Waals surface area contributed by atoms with Gasteiger partial charge in [0, 0.05) is 26.6 Å². The molecular weight excluding hydrogens is 188 g/mol. The zero-order valence-corrected chi connectivity index (χ0v) is 9.88. The molecule has 3 nitrogen and oxygen atoms in total. The summed E-state index contributed by atoms with van der Waals surface area (Å²) in [6.45, 7) is 1.66. The fraction of sp³-hybridized carbons (Fsp3) is 0.750. The topological polar surface area (TPSA) is 32.3 Å². The van der Waals surface area contributed by atoms with Crippen LogP contribution in [0.2, 0.25) is 0 Å². The van der Waals surface area contributed by atoms with Crippen molar-refractivity contribution in [2.45, 2.75) is 32.1 Å². The first-order valence-corrected chi connectivity index (χ1v) is 5.80. The summed E-state index contributed by atoms with van der Waals surface area (Å²) in [5.74, 6) is 0.249. The Morgan fingerprint density at radius 2 is 2.33 bits per heavy atom. The molecular formula is C12H22N2O. The Morgan fingerprint density at radius 1 is 1.53 bits per heavy atom. The lowest BCUT2D eigenvalue weighted by atomic mass is 9.97. The highest BCUT2D eigenvalue weighted by atomic mass is 16.2. The molecule has 86 valence electrons. The van der Waals surface area contributed by atoms with Crippen molar-refractivity contribution < 1.29 is 4.79 Å². The van der Waals surface area contributed by atoms with E-state index in [0.29, 0.717) is 6.42 Å². The number of carbonyl (C=O) groups excluding carboxylic acids is 1. The van der Waals surface area contributed by atoms with Gasteiger partial charge in [-0.1, -0.05) is 11.6 Å². The molecule has 15 heavy (non-hydrogen) atoms. The molecule has 1 N–H and O–H groups in total. The molecule has 1 aliphatic rings. The second kappa shape index (κ2) is 6.62. The van der Waals surface area contributed by atoms with Crippen LogP contribution in [-0.4, -0.2) is 38.0 Å². The summed E-state index contributed by atoms with van der Waals surface area (Å²) < 4.78 is 0. The van der Waals surface area contributed by atoms with Crippen molar-refractivity contribution in [2.75, 3.05) is 27.2 Å². The Morgan fingerprint density at radius 3 is 2.93 bits per heavy atom. The highest BCUT2D eigenvalue weighted by Crippen LogP contribution is 2.20. The maximum Gasteiger partial charge on any atom is 0.226 e. The van der Waals surface area contributed by atoms with E-state index in [1.54, 1.807) is 0 Å². The Labute approximate surface area is 92.5 Å². The van der Waals surface area contributed by atoms with E-state index in [4.69, 9.17) is 0 Å². The molecule has 1 amide bonds. The Hall–Kier alpha value is -0.830. The molecule has 1 rings (SSSR count). The molecule has 0 fully saturated rings. The second-order valence-corrected chi connectivity index (χ2v) is 4.20. The summed E-state index contributed by atoms with van der Waals surface area (Å²) in [5.41, 5.74) is 1.34. The normalized spacial score (nSPS) is 16.0. The second-order valence-electron chi connectivity index (χ2n) is 4.20. The zero-order chi connectivity index (χ0) is 11.1. The van der Waals surface area contributed by atoms with Gasteiger partial charge in [-0.05, 0) is 32.7 Å². The van der Waals surface area contributed by atoms with E-state index in [9.17, 15) is 4.79 Å². The lowest BCUT2D eigenvalue weighted by Gasteiger charge is -2.19. The predicted octanol–water partition coefficient (Wildman–Crippen LogP) is 1.55. The molecule has 0 aromatic rings. The van der Waals surface area contributed by atoms with Crippen molar-refractivity contribution in [2.24, 2.45) is 0 Å². The van der Waals surface area contributed by atoms with Gasteiger partial charge in [0.05, 0.1) is 0 Å². The third-order valence-corrected chi connectivity index (χ3v) is 2.89. The molecule has 0 unspecified atom stereocenters. The highest BCUT2D eigenvalue weighted by molar-refractivity contribution is 5.78. The van der Waals surface area contributed by atoms with Crippen molar-refractivity contribution in [3.8, 4) is 0 Å². The molecule has 1 aliphatic carbocycles. The van der Waals surface area contributed by atoms with E-state index in [0.717, 1.165) is 25.9 Å². The van der Waals surface area contributed by atoms with Crippen LogP contribution in [0.1, 0.15) is 32.1 Å². The average molecular weight is 210 g/mol. The van der Waals surface area contributed by atoms with Gasteiger partial charge in [0.25, 0.3) is 0 Å². The van der Waals surface area contributed by atoms with Gasteiger partial charge in [-0.25, -0.2) is 0 Å². The van der Waals surface area contributed by atoms with Gasteiger partial charge >= 0.3 is 0 Å². The van der Waals surface area contributed by atoms with Crippen LogP contribution >= 0.6 is 0 Å². The summed E-state index contributed by atoms with van der Waals surface area (Å²) in [6.07, 6.45) is 7.68. The van der Waals surface area contributed by atoms with Crippen LogP contribution in [0.15, 0.2) is 11.6 Å². The summed E-state index contributed by atoms with van der Waals surface area (Å²) in [5, 5.41) is 3.05. The fourth-order valence-corrected chi connectivity index (χ4v) is 1.80. The van der Waals surface area contributed by atoms with Gasteiger partial charge in [-0.3, -0.25) is 4.79 Å². The minimum Gasteiger partial charge on any atom is -0.344 e. The minimum absolute atomic E-state index is 0.249. The largest absolute Gasteiger partial charge is 0.344 e. The molecule has 0 saturated heterocycles. The van der Waals surface area contributed by atoms with Gasteiger partial charge in [-0.15, -0.1) is 0 Å². The van der Waals surface area contributed by atoms with Crippen molar-refractivity contribution in [1.82, 2.24) is 10.2 Å². The van der Waals surface area contributed by atoms with Crippen molar-refractivity contribution in [3.05, 3.63) is 11.6 Å². The van der Waals surface area contributed by atoms with Gasteiger partial charge in [0.15, 0.2) is 0 Å².